The molecule has 3 nitrogen and oxygen atoms in total. The Balaban J connectivity index is 2.14. The van der Waals surface area contributed by atoms with Gasteiger partial charge in [-0.15, -0.1) is 0 Å². The lowest BCUT2D eigenvalue weighted by Crippen LogP contribution is -2.47. The van der Waals surface area contributed by atoms with Crippen LogP contribution in [0.5, 0.6) is 0 Å². The van der Waals surface area contributed by atoms with Gasteiger partial charge in [0.15, 0.2) is 0 Å². The third-order valence-corrected chi connectivity index (χ3v) is 3.52. The summed E-state index contributed by atoms with van der Waals surface area (Å²) in [5, 5.41) is 9.46. The van der Waals surface area contributed by atoms with Gasteiger partial charge in [0.05, 0.1) is 6.07 Å². The molecule has 1 aliphatic rings. The Morgan fingerprint density at radius 3 is 2.56 bits per heavy atom. The molecule has 18 heavy (non-hydrogen) atoms. The number of nitrogens with two attached hydrogens (primary N) is 1. The van der Waals surface area contributed by atoms with Crippen LogP contribution < -0.4 is 5.73 Å². The van der Waals surface area contributed by atoms with E-state index in [1.807, 2.05) is 30.3 Å². The molecule has 1 unspecified atom stereocenters. The second kappa shape index (κ2) is 5.51. The van der Waals surface area contributed by atoms with Crippen LogP contribution in [0, 0.1) is 11.3 Å². The topological polar surface area (TPSA) is 53.0 Å². The van der Waals surface area contributed by atoms with Crippen molar-refractivity contribution in [2.24, 2.45) is 5.73 Å². The molecule has 0 heterocycles. The fraction of sp³-hybridized carbons (Fsp3) is 0.533. The van der Waals surface area contributed by atoms with E-state index in [4.69, 9.17) is 5.73 Å². The molecule has 0 saturated heterocycles. The summed E-state index contributed by atoms with van der Waals surface area (Å²) >= 11 is 0. The van der Waals surface area contributed by atoms with Gasteiger partial charge in [0.2, 0.25) is 0 Å². The Labute approximate surface area is 109 Å². The lowest BCUT2D eigenvalue weighted by molar-refractivity contribution is 0.224. The molecule has 0 aliphatic heterocycles. The van der Waals surface area contributed by atoms with E-state index in [9.17, 15) is 5.26 Å². The van der Waals surface area contributed by atoms with Gasteiger partial charge in [-0.05, 0) is 31.4 Å². The van der Waals surface area contributed by atoms with E-state index in [-0.39, 0.29) is 0 Å². The van der Waals surface area contributed by atoms with Crippen molar-refractivity contribution in [2.45, 2.75) is 37.8 Å². The second-order valence-corrected chi connectivity index (χ2v) is 5.15. The molecule has 1 saturated carbocycles. The minimum atomic E-state index is -0.890. The Bertz CT molecular complexity index is 419. The summed E-state index contributed by atoms with van der Waals surface area (Å²) in [6, 6.07) is 12.7. The van der Waals surface area contributed by atoms with Crippen molar-refractivity contribution in [1.82, 2.24) is 4.90 Å². The fourth-order valence-electron chi connectivity index (χ4n) is 2.36. The first-order valence-electron chi connectivity index (χ1n) is 6.69. The number of nitriles is 1. The summed E-state index contributed by atoms with van der Waals surface area (Å²) in [4.78, 5) is 2.37. The van der Waals surface area contributed by atoms with Gasteiger partial charge in [-0.2, -0.15) is 5.26 Å². The zero-order chi connectivity index (χ0) is 13.0. The Morgan fingerprint density at radius 1 is 1.39 bits per heavy atom. The SMILES string of the molecule is CCCN(CC(N)(C#N)c1ccccc1)C1CC1. The summed E-state index contributed by atoms with van der Waals surface area (Å²) in [7, 11) is 0. The van der Waals surface area contributed by atoms with E-state index in [0.29, 0.717) is 12.6 Å². The van der Waals surface area contributed by atoms with Gasteiger partial charge in [-0.1, -0.05) is 37.3 Å². The van der Waals surface area contributed by atoms with Crippen molar-refractivity contribution in [3.05, 3.63) is 35.9 Å². The minimum Gasteiger partial charge on any atom is -0.309 e. The van der Waals surface area contributed by atoms with Gasteiger partial charge >= 0.3 is 0 Å². The molecule has 1 aliphatic carbocycles. The predicted molar refractivity (Wildman–Crippen MR) is 72.8 cm³/mol. The van der Waals surface area contributed by atoms with Gasteiger partial charge in [0, 0.05) is 12.6 Å². The first kappa shape index (κ1) is 13.1. The summed E-state index contributed by atoms with van der Waals surface area (Å²) < 4.78 is 0. The molecule has 2 N–H and O–H groups in total. The van der Waals surface area contributed by atoms with Crippen LogP contribution in [-0.4, -0.2) is 24.0 Å². The quantitative estimate of drug-likeness (QED) is 0.833. The molecule has 0 radical (unpaired) electrons. The smallest absolute Gasteiger partial charge is 0.142 e. The van der Waals surface area contributed by atoms with E-state index < -0.39 is 5.54 Å². The van der Waals surface area contributed by atoms with Gasteiger partial charge in [-0.25, -0.2) is 0 Å². The van der Waals surface area contributed by atoms with Crippen molar-refractivity contribution >= 4 is 0 Å². The molecule has 1 aromatic rings. The molecular weight excluding hydrogens is 222 g/mol. The highest BCUT2D eigenvalue weighted by Gasteiger charge is 2.36. The Hall–Kier alpha value is -1.37. The van der Waals surface area contributed by atoms with Crippen LogP contribution in [0.15, 0.2) is 30.3 Å². The van der Waals surface area contributed by atoms with Crippen molar-refractivity contribution in [3.8, 4) is 6.07 Å². The zero-order valence-corrected chi connectivity index (χ0v) is 11.0. The summed E-state index contributed by atoms with van der Waals surface area (Å²) in [6.45, 7) is 3.83. The molecule has 1 atom stereocenters. The lowest BCUT2D eigenvalue weighted by Gasteiger charge is -2.30. The van der Waals surface area contributed by atoms with Crippen molar-refractivity contribution in [2.75, 3.05) is 13.1 Å². The average Bonchev–Trinajstić information content (AvgIpc) is 3.23. The second-order valence-electron chi connectivity index (χ2n) is 5.15. The molecule has 0 spiro atoms. The van der Waals surface area contributed by atoms with Gasteiger partial charge in [0.25, 0.3) is 0 Å². The maximum absolute atomic E-state index is 9.46. The number of benzene rings is 1. The number of hydrogen-bond acceptors (Lipinski definition) is 3. The van der Waals surface area contributed by atoms with Crippen LogP contribution in [0.4, 0.5) is 0 Å². The third kappa shape index (κ3) is 2.90. The highest BCUT2D eigenvalue weighted by molar-refractivity contribution is 5.31. The summed E-state index contributed by atoms with van der Waals surface area (Å²) in [5.74, 6) is 0. The monoisotopic (exact) mass is 243 g/mol. The molecule has 3 heteroatoms. The largest absolute Gasteiger partial charge is 0.309 e. The maximum Gasteiger partial charge on any atom is 0.142 e. The van der Waals surface area contributed by atoms with E-state index in [2.05, 4.69) is 17.9 Å². The maximum atomic E-state index is 9.46. The molecule has 96 valence electrons. The van der Waals surface area contributed by atoms with Crippen LogP contribution in [0.1, 0.15) is 31.7 Å². The highest BCUT2D eigenvalue weighted by atomic mass is 15.2. The van der Waals surface area contributed by atoms with Crippen molar-refractivity contribution in [3.63, 3.8) is 0 Å². The van der Waals surface area contributed by atoms with Crippen LogP contribution in [0.25, 0.3) is 0 Å². The first-order valence-corrected chi connectivity index (χ1v) is 6.69. The predicted octanol–water partition coefficient (Wildman–Crippen LogP) is 2.24. The van der Waals surface area contributed by atoms with Crippen molar-refractivity contribution < 1.29 is 0 Å². The van der Waals surface area contributed by atoms with Crippen LogP contribution in [-0.2, 0) is 5.54 Å². The van der Waals surface area contributed by atoms with Crippen LogP contribution in [0.3, 0.4) is 0 Å². The van der Waals surface area contributed by atoms with Gasteiger partial charge < -0.3 is 5.73 Å². The van der Waals surface area contributed by atoms with E-state index in [1.54, 1.807) is 0 Å². The summed E-state index contributed by atoms with van der Waals surface area (Å²) in [5.41, 5.74) is 6.33. The standard InChI is InChI=1S/C15H21N3/c1-2-10-18(14-8-9-14)12-15(17,11-16)13-6-4-3-5-7-13/h3-7,14H,2,8-10,12,17H2,1H3. The molecule has 2 rings (SSSR count). The van der Waals surface area contributed by atoms with Crippen molar-refractivity contribution in [1.29, 1.82) is 5.26 Å². The lowest BCUT2D eigenvalue weighted by atomic mass is 9.92. The number of hydrogen-bond donors (Lipinski definition) is 1. The Kier molecular flexibility index (Phi) is 4.00. The van der Waals surface area contributed by atoms with Crippen LogP contribution >= 0.6 is 0 Å². The number of rotatable bonds is 6. The highest BCUT2D eigenvalue weighted by Crippen LogP contribution is 2.30. The third-order valence-electron chi connectivity index (χ3n) is 3.52. The zero-order valence-electron chi connectivity index (χ0n) is 11.0. The normalized spacial score (nSPS) is 18.3. The minimum absolute atomic E-state index is 0.631. The molecular formula is C15H21N3. The van der Waals surface area contributed by atoms with Crippen LogP contribution in [0.2, 0.25) is 0 Å². The molecule has 0 aromatic heterocycles. The first-order chi connectivity index (χ1) is 8.69. The molecule has 0 amide bonds. The number of nitrogens with zero attached hydrogens (tertiary/aromatic N) is 2. The van der Waals surface area contributed by atoms with Gasteiger partial charge in [0.1, 0.15) is 5.54 Å². The molecule has 1 fully saturated rings. The summed E-state index contributed by atoms with van der Waals surface area (Å²) in [6.07, 6.45) is 3.60. The molecule has 0 bridgehead atoms. The Morgan fingerprint density at radius 2 is 2.06 bits per heavy atom. The fourth-order valence-corrected chi connectivity index (χ4v) is 2.36. The molecule has 1 aromatic carbocycles. The van der Waals surface area contributed by atoms with E-state index >= 15 is 0 Å². The van der Waals surface area contributed by atoms with E-state index in [1.165, 1.54) is 12.8 Å². The van der Waals surface area contributed by atoms with E-state index in [0.717, 1.165) is 18.5 Å². The average molecular weight is 243 g/mol. The van der Waals surface area contributed by atoms with Gasteiger partial charge in [-0.3, -0.25) is 4.90 Å².